The second-order valence-electron chi connectivity index (χ2n) is 3.67. The van der Waals surface area contributed by atoms with Gasteiger partial charge in [-0.1, -0.05) is 22.8 Å². The first kappa shape index (κ1) is 12.8. The summed E-state index contributed by atoms with van der Waals surface area (Å²) in [6.45, 7) is 2.29. The highest BCUT2D eigenvalue weighted by Gasteiger charge is 2.15. The number of hydrogen-bond acceptors (Lipinski definition) is 4. The van der Waals surface area contributed by atoms with Crippen molar-refractivity contribution in [2.24, 2.45) is 0 Å². The van der Waals surface area contributed by atoms with Crippen molar-refractivity contribution in [3.63, 3.8) is 0 Å². The Morgan fingerprint density at radius 3 is 2.83 bits per heavy atom. The summed E-state index contributed by atoms with van der Waals surface area (Å²) in [5, 5.41) is 10.1. The fraction of sp³-hybridized carbons (Fsp3) is 0.273. The number of alkyl halides is 2. The summed E-state index contributed by atoms with van der Waals surface area (Å²) >= 11 is 5.87. The van der Waals surface area contributed by atoms with E-state index >= 15 is 0 Å². The number of nitrogens with one attached hydrogen (secondary N) is 1. The average Bonchev–Trinajstić information content (AvgIpc) is 2.79. The molecule has 4 nitrogen and oxygen atoms in total. The van der Waals surface area contributed by atoms with Crippen LogP contribution in [-0.2, 0) is 6.54 Å². The molecule has 0 aliphatic rings. The average molecular weight is 274 g/mol. The van der Waals surface area contributed by atoms with Gasteiger partial charge in [0.25, 0.3) is 5.89 Å². The summed E-state index contributed by atoms with van der Waals surface area (Å²) in [6.07, 6.45) is -2.76. The fourth-order valence-electron chi connectivity index (χ4n) is 1.40. The minimum absolute atomic E-state index is 0.0373. The van der Waals surface area contributed by atoms with Gasteiger partial charge in [-0.05, 0) is 30.2 Å². The van der Waals surface area contributed by atoms with Gasteiger partial charge in [0.05, 0.1) is 0 Å². The third-order valence-corrected chi connectivity index (χ3v) is 2.60. The zero-order chi connectivity index (χ0) is 13.1. The Morgan fingerprint density at radius 1 is 1.39 bits per heavy atom. The molecule has 0 spiro atoms. The van der Waals surface area contributed by atoms with E-state index in [1.807, 2.05) is 13.0 Å². The topological polar surface area (TPSA) is 51.0 Å². The van der Waals surface area contributed by atoms with Crippen LogP contribution in [0.4, 0.5) is 14.8 Å². The van der Waals surface area contributed by atoms with Crippen LogP contribution in [0.25, 0.3) is 0 Å². The normalized spacial score (nSPS) is 10.9. The molecule has 1 aromatic heterocycles. The summed E-state index contributed by atoms with van der Waals surface area (Å²) < 4.78 is 29.2. The van der Waals surface area contributed by atoms with Crippen LogP contribution in [0.2, 0.25) is 5.02 Å². The quantitative estimate of drug-likeness (QED) is 0.925. The maximum absolute atomic E-state index is 12.2. The highest BCUT2D eigenvalue weighted by molar-refractivity contribution is 6.30. The number of halogens is 3. The molecule has 0 amide bonds. The molecular weight excluding hydrogens is 264 g/mol. The molecular formula is C11H10ClF2N3O. The maximum Gasteiger partial charge on any atom is 0.315 e. The van der Waals surface area contributed by atoms with E-state index in [1.54, 1.807) is 12.1 Å². The van der Waals surface area contributed by atoms with Gasteiger partial charge in [0.15, 0.2) is 0 Å². The molecule has 96 valence electrons. The zero-order valence-corrected chi connectivity index (χ0v) is 10.2. The van der Waals surface area contributed by atoms with Gasteiger partial charge >= 0.3 is 12.4 Å². The van der Waals surface area contributed by atoms with Crippen LogP contribution in [0.5, 0.6) is 0 Å². The lowest BCUT2D eigenvalue weighted by atomic mass is 10.1. The first-order chi connectivity index (χ1) is 8.56. The van der Waals surface area contributed by atoms with Crippen LogP contribution in [0, 0.1) is 6.92 Å². The largest absolute Gasteiger partial charge is 0.402 e. The fourth-order valence-corrected chi connectivity index (χ4v) is 1.59. The Hall–Kier alpha value is -1.69. The third-order valence-electron chi connectivity index (χ3n) is 2.37. The molecule has 0 bridgehead atoms. The number of benzene rings is 1. The minimum Gasteiger partial charge on any atom is -0.402 e. The van der Waals surface area contributed by atoms with Crippen molar-refractivity contribution in [2.45, 2.75) is 19.9 Å². The van der Waals surface area contributed by atoms with Crippen molar-refractivity contribution < 1.29 is 13.2 Å². The van der Waals surface area contributed by atoms with Gasteiger partial charge in [0.2, 0.25) is 0 Å². The molecule has 0 radical (unpaired) electrons. The van der Waals surface area contributed by atoms with Crippen LogP contribution in [-0.4, -0.2) is 10.2 Å². The molecule has 0 aliphatic heterocycles. The van der Waals surface area contributed by atoms with E-state index in [4.69, 9.17) is 16.0 Å². The molecule has 0 aliphatic carbocycles. The van der Waals surface area contributed by atoms with Crippen LogP contribution in [0.3, 0.4) is 0 Å². The number of aryl methyl sites for hydroxylation is 1. The predicted molar refractivity (Wildman–Crippen MR) is 62.8 cm³/mol. The number of aromatic nitrogens is 2. The van der Waals surface area contributed by atoms with Gasteiger partial charge in [-0.2, -0.15) is 8.78 Å². The Balaban J connectivity index is 2.04. The number of nitrogens with zero attached hydrogens (tertiary/aromatic N) is 2. The highest BCUT2D eigenvalue weighted by atomic mass is 35.5. The van der Waals surface area contributed by atoms with E-state index in [0.717, 1.165) is 11.1 Å². The second kappa shape index (κ2) is 5.30. The highest BCUT2D eigenvalue weighted by Crippen LogP contribution is 2.20. The molecule has 18 heavy (non-hydrogen) atoms. The van der Waals surface area contributed by atoms with Gasteiger partial charge in [0, 0.05) is 11.6 Å². The molecule has 0 atom stereocenters. The van der Waals surface area contributed by atoms with Crippen LogP contribution >= 0.6 is 11.6 Å². The van der Waals surface area contributed by atoms with E-state index in [1.165, 1.54) is 0 Å². The van der Waals surface area contributed by atoms with Crippen molar-refractivity contribution in [3.8, 4) is 0 Å². The molecule has 1 N–H and O–H groups in total. The van der Waals surface area contributed by atoms with Gasteiger partial charge in [0.1, 0.15) is 0 Å². The van der Waals surface area contributed by atoms with Gasteiger partial charge in [-0.3, -0.25) is 0 Å². The molecule has 2 aromatic rings. The van der Waals surface area contributed by atoms with Crippen molar-refractivity contribution in [1.29, 1.82) is 0 Å². The van der Waals surface area contributed by atoms with E-state index in [9.17, 15) is 8.78 Å². The Morgan fingerprint density at radius 2 is 2.17 bits per heavy atom. The van der Waals surface area contributed by atoms with E-state index in [-0.39, 0.29) is 6.01 Å². The predicted octanol–water partition coefficient (Wildman–Crippen LogP) is 3.58. The summed E-state index contributed by atoms with van der Waals surface area (Å²) in [5.41, 5.74) is 1.96. The zero-order valence-electron chi connectivity index (χ0n) is 9.45. The van der Waals surface area contributed by atoms with Gasteiger partial charge < -0.3 is 9.73 Å². The second-order valence-corrected chi connectivity index (χ2v) is 4.11. The van der Waals surface area contributed by atoms with E-state index in [0.29, 0.717) is 11.6 Å². The Labute approximate surface area is 107 Å². The van der Waals surface area contributed by atoms with Gasteiger partial charge in [-0.15, -0.1) is 5.10 Å². The lowest BCUT2D eigenvalue weighted by Gasteiger charge is -2.06. The lowest BCUT2D eigenvalue weighted by Crippen LogP contribution is -2.01. The Kier molecular flexibility index (Phi) is 3.76. The van der Waals surface area contributed by atoms with E-state index in [2.05, 4.69) is 15.5 Å². The third kappa shape index (κ3) is 2.95. The van der Waals surface area contributed by atoms with Crippen molar-refractivity contribution in [2.75, 3.05) is 5.32 Å². The van der Waals surface area contributed by atoms with Crippen molar-refractivity contribution in [1.82, 2.24) is 10.2 Å². The van der Waals surface area contributed by atoms with Crippen LogP contribution in [0.15, 0.2) is 22.6 Å². The first-order valence-corrected chi connectivity index (χ1v) is 5.54. The SMILES string of the molecule is Cc1ccc(Cl)cc1CNc1nnc(C(F)F)o1. The van der Waals surface area contributed by atoms with Gasteiger partial charge in [-0.25, -0.2) is 0 Å². The molecule has 0 saturated heterocycles. The van der Waals surface area contributed by atoms with E-state index < -0.39 is 12.3 Å². The summed E-state index contributed by atoms with van der Waals surface area (Å²) in [5.74, 6) is -0.694. The Bertz CT molecular complexity index is 545. The number of anilines is 1. The van der Waals surface area contributed by atoms with Crippen molar-refractivity contribution >= 4 is 17.6 Å². The summed E-state index contributed by atoms with van der Waals surface area (Å²) in [6, 6.07) is 5.40. The molecule has 2 rings (SSSR count). The standard InChI is InChI=1S/C11H10ClF2N3O/c1-6-2-3-8(12)4-7(6)5-15-11-17-16-10(18-11)9(13)14/h2-4,9H,5H2,1H3,(H,15,17). The van der Waals surface area contributed by atoms with Crippen LogP contribution < -0.4 is 5.32 Å². The minimum atomic E-state index is -2.76. The molecule has 0 saturated carbocycles. The summed E-state index contributed by atoms with van der Waals surface area (Å²) in [4.78, 5) is 0. The smallest absolute Gasteiger partial charge is 0.315 e. The van der Waals surface area contributed by atoms with Crippen molar-refractivity contribution in [3.05, 3.63) is 40.2 Å². The number of rotatable bonds is 4. The monoisotopic (exact) mass is 273 g/mol. The molecule has 1 aromatic carbocycles. The summed E-state index contributed by atoms with van der Waals surface area (Å²) in [7, 11) is 0. The number of hydrogen-bond donors (Lipinski definition) is 1. The first-order valence-electron chi connectivity index (χ1n) is 5.16. The lowest BCUT2D eigenvalue weighted by molar-refractivity contribution is 0.116. The molecule has 0 unspecified atom stereocenters. The molecule has 0 fully saturated rings. The molecule has 7 heteroatoms. The maximum atomic E-state index is 12.2. The van der Waals surface area contributed by atoms with Crippen LogP contribution in [0.1, 0.15) is 23.4 Å². The molecule has 1 heterocycles.